The summed E-state index contributed by atoms with van der Waals surface area (Å²) < 4.78 is 0. The summed E-state index contributed by atoms with van der Waals surface area (Å²) in [5.41, 5.74) is 0. The van der Waals surface area contributed by atoms with E-state index in [0.29, 0.717) is 0 Å². The van der Waals surface area contributed by atoms with Gasteiger partial charge >= 0.3 is 0 Å². The summed E-state index contributed by atoms with van der Waals surface area (Å²) in [6.07, 6.45) is 23.4. The molecule has 0 saturated carbocycles. The Kier molecular flexibility index (Phi) is 19.1. The molecule has 0 aromatic carbocycles. The largest absolute Gasteiger partial charge is 0.346 e. The van der Waals surface area contributed by atoms with Crippen molar-refractivity contribution in [1.82, 2.24) is 4.90 Å². The van der Waals surface area contributed by atoms with E-state index in [1.807, 2.05) is 11.8 Å². The van der Waals surface area contributed by atoms with Crippen LogP contribution >= 0.6 is 0 Å². The highest BCUT2D eigenvalue weighted by atomic mass is 16.1. The molecule has 0 aliphatic rings. The Morgan fingerprint density at radius 3 is 1.22 bits per heavy atom. The first-order chi connectivity index (χ1) is 11.3. The van der Waals surface area contributed by atoms with E-state index in [4.69, 9.17) is 0 Å². The van der Waals surface area contributed by atoms with Crippen molar-refractivity contribution in [2.45, 2.75) is 117 Å². The monoisotopic (exact) mass is 325 g/mol. The minimum absolute atomic E-state index is 0.849. The number of rotatable bonds is 19. The minimum atomic E-state index is 0.849. The third-order valence-electron chi connectivity index (χ3n) is 4.85. The topological polar surface area (TPSA) is 20.3 Å². The molecule has 0 unspecified atom stereocenters. The van der Waals surface area contributed by atoms with Crippen LogP contribution in [0.2, 0.25) is 0 Å². The maximum atomic E-state index is 10.7. The molecule has 0 atom stereocenters. The lowest BCUT2D eigenvalue weighted by molar-refractivity contribution is -0.118. The average Bonchev–Trinajstić information content (AvgIpc) is 2.58. The highest BCUT2D eigenvalue weighted by Gasteiger charge is 1.97. The Morgan fingerprint density at radius 2 is 0.913 bits per heavy atom. The lowest BCUT2D eigenvalue weighted by Crippen LogP contribution is -2.22. The Bertz CT molecular complexity index is 230. The molecule has 0 aromatic heterocycles. The predicted molar refractivity (Wildman–Crippen MR) is 103 cm³/mol. The summed E-state index contributed by atoms with van der Waals surface area (Å²) in [6, 6.07) is 0. The Labute approximate surface area is 146 Å². The molecule has 0 saturated heterocycles. The highest BCUT2D eigenvalue weighted by Crippen LogP contribution is 2.13. The quantitative estimate of drug-likeness (QED) is 0.190. The summed E-state index contributed by atoms with van der Waals surface area (Å²) >= 11 is 0. The Balaban J connectivity index is 3.04. The normalized spacial score (nSPS) is 10.9. The molecule has 0 heterocycles. The van der Waals surface area contributed by atoms with Gasteiger partial charge in [0.05, 0.1) is 0 Å². The van der Waals surface area contributed by atoms with E-state index in [1.54, 1.807) is 0 Å². The van der Waals surface area contributed by atoms with E-state index in [1.165, 1.54) is 103 Å². The fourth-order valence-electron chi connectivity index (χ4n) is 3.15. The van der Waals surface area contributed by atoms with Crippen molar-refractivity contribution < 1.29 is 4.79 Å². The molecule has 2 heteroatoms. The van der Waals surface area contributed by atoms with Crippen molar-refractivity contribution in [3.05, 3.63) is 0 Å². The highest BCUT2D eigenvalue weighted by molar-refractivity contribution is 5.46. The molecule has 138 valence electrons. The summed E-state index contributed by atoms with van der Waals surface area (Å²) in [7, 11) is 0. The van der Waals surface area contributed by atoms with Gasteiger partial charge in [-0.15, -0.1) is 0 Å². The standard InChI is InChI=1S/C21H43NO/c1-3-5-6-7-8-9-10-11-12-13-14-15-16-17-18-19-20-22(4-2)21-23/h21H,3-20H2,1-2H3. The van der Waals surface area contributed by atoms with E-state index in [-0.39, 0.29) is 0 Å². The number of hydrogen-bond donors (Lipinski definition) is 0. The zero-order valence-electron chi connectivity index (χ0n) is 16.2. The van der Waals surface area contributed by atoms with Crippen LogP contribution in [0.5, 0.6) is 0 Å². The second kappa shape index (κ2) is 19.5. The minimum Gasteiger partial charge on any atom is -0.346 e. The van der Waals surface area contributed by atoms with Crippen LogP contribution in [0.25, 0.3) is 0 Å². The van der Waals surface area contributed by atoms with E-state index in [0.717, 1.165) is 19.5 Å². The van der Waals surface area contributed by atoms with Crippen LogP contribution in [0.15, 0.2) is 0 Å². The number of amides is 1. The first-order valence-corrected chi connectivity index (χ1v) is 10.5. The average molecular weight is 326 g/mol. The predicted octanol–water partition coefficient (Wildman–Crippen LogP) is 6.73. The second-order valence-corrected chi connectivity index (χ2v) is 7.04. The molecule has 0 spiro atoms. The van der Waals surface area contributed by atoms with Gasteiger partial charge in [0.15, 0.2) is 0 Å². The molecule has 0 N–H and O–H groups in total. The van der Waals surface area contributed by atoms with Crippen molar-refractivity contribution in [3.8, 4) is 0 Å². The first kappa shape index (κ1) is 22.5. The smallest absolute Gasteiger partial charge is 0.209 e. The molecule has 0 radical (unpaired) electrons. The molecule has 0 fully saturated rings. The van der Waals surface area contributed by atoms with Crippen LogP contribution in [0.1, 0.15) is 117 Å². The molecule has 0 aliphatic heterocycles. The van der Waals surface area contributed by atoms with Gasteiger partial charge in [0.1, 0.15) is 0 Å². The molecule has 0 rings (SSSR count). The van der Waals surface area contributed by atoms with Gasteiger partial charge in [-0.3, -0.25) is 4.79 Å². The number of carbonyl (C=O) groups is 1. The van der Waals surface area contributed by atoms with Crippen molar-refractivity contribution >= 4 is 6.41 Å². The molecule has 1 amide bonds. The summed E-state index contributed by atoms with van der Waals surface area (Å²) in [5.74, 6) is 0. The van der Waals surface area contributed by atoms with Crippen molar-refractivity contribution in [2.75, 3.05) is 13.1 Å². The number of hydrogen-bond acceptors (Lipinski definition) is 1. The fourth-order valence-corrected chi connectivity index (χ4v) is 3.15. The lowest BCUT2D eigenvalue weighted by Gasteiger charge is -2.13. The van der Waals surface area contributed by atoms with Gasteiger partial charge in [0, 0.05) is 13.1 Å². The molecular formula is C21H43NO. The number of nitrogens with zero attached hydrogens (tertiary/aromatic N) is 1. The molecule has 23 heavy (non-hydrogen) atoms. The maximum absolute atomic E-state index is 10.7. The zero-order chi connectivity index (χ0) is 17.0. The van der Waals surface area contributed by atoms with E-state index in [9.17, 15) is 4.79 Å². The van der Waals surface area contributed by atoms with Crippen LogP contribution < -0.4 is 0 Å². The summed E-state index contributed by atoms with van der Waals surface area (Å²) in [5, 5.41) is 0. The van der Waals surface area contributed by atoms with Gasteiger partial charge in [-0.2, -0.15) is 0 Å². The van der Waals surface area contributed by atoms with Crippen molar-refractivity contribution in [2.24, 2.45) is 0 Å². The summed E-state index contributed by atoms with van der Waals surface area (Å²) in [4.78, 5) is 12.5. The second-order valence-electron chi connectivity index (χ2n) is 7.04. The van der Waals surface area contributed by atoms with Gasteiger partial charge in [0.25, 0.3) is 0 Å². The van der Waals surface area contributed by atoms with Crippen LogP contribution in [0, 0.1) is 0 Å². The van der Waals surface area contributed by atoms with Crippen LogP contribution in [0.3, 0.4) is 0 Å². The molecule has 0 bridgehead atoms. The third-order valence-corrected chi connectivity index (χ3v) is 4.85. The van der Waals surface area contributed by atoms with Crippen LogP contribution in [-0.2, 0) is 4.79 Å². The number of carbonyl (C=O) groups excluding carboxylic acids is 1. The molecule has 0 aliphatic carbocycles. The Hall–Kier alpha value is -0.530. The molecule has 0 aromatic rings. The first-order valence-electron chi connectivity index (χ1n) is 10.5. The fraction of sp³-hybridized carbons (Fsp3) is 0.952. The maximum Gasteiger partial charge on any atom is 0.209 e. The van der Waals surface area contributed by atoms with Crippen LogP contribution in [0.4, 0.5) is 0 Å². The van der Waals surface area contributed by atoms with E-state index in [2.05, 4.69) is 6.92 Å². The van der Waals surface area contributed by atoms with E-state index < -0.39 is 0 Å². The van der Waals surface area contributed by atoms with Gasteiger partial charge in [-0.1, -0.05) is 103 Å². The number of unbranched alkanes of at least 4 members (excludes halogenated alkanes) is 15. The Morgan fingerprint density at radius 1 is 0.565 bits per heavy atom. The molecular weight excluding hydrogens is 282 g/mol. The van der Waals surface area contributed by atoms with Crippen molar-refractivity contribution in [3.63, 3.8) is 0 Å². The van der Waals surface area contributed by atoms with Gasteiger partial charge in [-0.25, -0.2) is 0 Å². The molecule has 2 nitrogen and oxygen atoms in total. The summed E-state index contributed by atoms with van der Waals surface area (Å²) in [6.45, 7) is 6.12. The van der Waals surface area contributed by atoms with E-state index >= 15 is 0 Å². The van der Waals surface area contributed by atoms with Gasteiger partial charge in [0.2, 0.25) is 6.41 Å². The third kappa shape index (κ3) is 17.7. The van der Waals surface area contributed by atoms with Crippen molar-refractivity contribution in [1.29, 1.82) is 0 Å². The zero-order valence-corrected chi connectivity index (χ0v) is 16.2. The van der Waals surface area contributed by atoms with Gasteiger partial charge in [-0.05, 0) is 13.3 Å². The van der Waals surface area contributed by atoms with Crippen LogP contribution in [-0.4, -0.2) is 24.4 Å². The van der Waals surface area contributed by atoms with Gasteiger partial charge < -0.3 is 4.90 Å². The lowest BCUT2D eigenvalue weighted by atomic mass is 10.0. The SMILES string of the molecule is CCCCCCCCCCCCCCCCCCN(C=O)CC.